The van der Waals surface area contributed by atoms with Crippen molar-refractivity contribution in [2.75, 3.05) is 49.5 Å². The fourth-order valence-corrected chi connectivity index (χ4v) is 10.3. The van der Waals surface area contributed by atoms with Crippen molar-refractivity contribution in [3.8, 4) is 11.5 Å². The molecule has 0 bridgehead atoms. The Morgan fingerprint density at radius 2 is 1.73 bits per heavy atom. The Hall–Kier alpha value is -4.99. The number of aromatic nitrogens is 2. The molecular formula is C47H57ClN8O5S. The standard InChI is InChI=1S/C47H57ClN8O5S/c1-4-49-37-10-12-38(13-11-37)53-43-16-15-41(27-44(43)56(57)58)62(59,60)52-29-34-7-14-39(26-45(34)61-40-25-33-18-20-50-46(33)51-30-40)55-23-21-54(22-24-55)31-35-17-19-47(2,3)28-42(35)32-5-8-36(48)9-6-32/h5-9,14-16,18,20,25-27,30,37-38,49,52-53H,4,10-13,17,19,21-24,28-29,31H2,1-3H3,(H,50,51). The second-order valence-electron chi connectivity index (χ2n) is 17.7. The van der Waals surface area contributed by atoms with Crippen LogP contribution in [-0.2, 0) is 16.6 Å². The van der Waals surface area contributed by atoms with Crippen LogP contribution >= 0.6 is 11.6 Å². The minimum atomic E-state index is -4.16. The molecule has 0 radical (unpaired) electrons. The number of halogens is 1. The number of rotatable bonds is 15. The molecule has 62 heavy (non-hydrogen) atoms. The van der Waals surface area contributed by atoms with E-state index in [1.54, 1.807) is 6.20 Å². The predicted octanol–water partition coefficient (Wildman–Crippen LogP) is 9.51. The number of allylic oxidation sites excluding steroid dienone is 1. The maximum absolute atomic E-state index is 13.8. The minimum Gasteiger partial charge on any atom is -0.455 e. The smallest absolute Gasteiger partial charge is 0.293 e. The maximum atomic E-state index is 13.8. The quantitative estimate of drug-likeness (QED) is 0.0590. The number of nitrogens with one attached hydrogen (secondary N) is 4. The molecule has 0 unspecified atom stereocenters. The largest absolute Gasteiger partial charge is 0.455 e. The van der Waals surface area contributed by atoms with Crippen molar-refractivity contribution >= 4 is 55.3 Å². The summed E-state index contributed by atoms with van der Waals surface area (Å²) in [5, 5.41) is 20.6. The number of ether oxygens (including phenoxy) is 1. The van der Waals surface area contributed by atoms with Crippen molar-refractivity contribution in [2.45, 2.75) is 89.2 Å². The third-order valence-electron chi connectivity index (χ3n) is 12.7. The lowest BCUT2D eigenvalue weighted by molar-refractivity contribution is -0.384. The number of benzene rings is 3. The van der Waals surface area contributed by atoms with Gasteiger partial charge in [0.1, 0.15) is 22.8 Å². The Balaban J connectivity index is 0.975. The second kappa shape index (κ2) is 18.8. The van der Waals surface area contributed by atoms with Crippen LogP contribution in [0.2, 0.25) is 5.02 Å². The van der Waals surface area contributed by atoms with E-state index in [0.29, 0.717) is 28.8 Å². The zero-order valence-electron chi connectivity index (χ0n) is 35.8. The van der Waals surface area contributed by atoms with Crippen LogP contribution in [0.5, 0.6) is 11.5 Å². The lowest BCUT2D eigenvalue weighted by atomic mass is 9.72. The van der Waals surface area contributed by atoms with Gasteiger partial charge in [0, 0.05) is 91.3 Å². The summed E-state index contributed by atoms with van der Waals surface area (Å²) in [5.41, 5.74) is 6.82. The predicted molar refractivity (Wildman–Crippen MR) is 248 cm³/mol. The van der Waals surface area contributed by atoms with Gasteiger partial charge in [-0.25, -0.2) is 18.1 Å². The summed E-state index contributed by atoms with van der Waals surface area (Å²) in [6, 6.07) is 22.5. The number of fused-ring (bicyclic) bond motifs is 1. The number of aromatic amines is 1. The molecule has 1 saturated carbocycles. The van der Waals surface area contributed by atoms with Crippen molar-refractivity contribution in [3.63, 3.8) is 0 Å². The van der Waals surface area contributed by atoms with Crippen molar-refractivity contribution < 1.29 is 18.1 Å². The molecule has 2 fully saturated rings. The summed E-state index contributed by atoms with van der Waals surface area (Å²) in [7, 11) is -4.16. The SMILES string of the molecule is CCNC1CCC(Nc2ccc(S(=O)(=O)NCc3ccc(N4CCN(CC5=C(c6ccc(Cl)cc6)CC(C)(C)CC5)CC4)cc3Oc3cnc4[nH]ccc4c3)cc2[N+](=O)[O-])CC1. The van der Waals surface area contributed by atoms with E-state index in [1.165, 1.54) is 35.3 Å². The van der Waals surface area contributed by atoms with Crippen LogP contribution < -0.4 is 25.0 Å². The monoisotopic (exact) mass is 880 g/mol. The van der Waals surface area contributed by atoms with Gasteiger partial charge in [0.2, 0.25) is 10.0 Å². The average Bonchev–Trinajstić information content (AvgIpc) is 3.73. The maximum Gasteiger partial charge on any atom is 0.293 e. The number of hydrogen-bond donors (Lipinski definition) is 4. The van der Waals surface area contributed by atoms with Gasteiger partial charge in [0.15, 0.2) is 0 Å². The number of nitro groups is 1. The van der Waals surface area contributed by atoms with E-state index in [4.69, 9.17) is 16.3 Å². The molecule has 0 atom stereocenters. The summed E-state index contributed by atoms with van der Waals surface area (Å²) in [5.74, 6) is 0.999. The highest BCUT2D eigenvalue weighted by atomic mass is 35.5. The first kappa shape index (κ1) is 43.7. The molecule has 3 aromatic carbocycles. The van der Waals surface area contributed by atoms with E-state index in [1.807, 2.05) is 48.7 Å². The lowest BCUT2D eigenvalue weighted by Gasteiger charge is -2.39. The van der Waals surface area contributed by atoms with Crippen LogP contribution in [-0.4, -0.2) is 79.6 Å². The van der Waals surface area contributed by atoms with Crippen molar-refractivity contribution in [1.29, 1.82) is 0 Å². The molecule has 0 spiro atoms. The molecule has 2 aromatic heterocycles. The lowest BCUT2D eigenvalue weighted by Crippen LogP contribution is -2.47. The molecule has 0 amide bonds. The molecule has 1 saturated heterocycles. The molecule has 15 heteroatoms. The van der Waals surface area contributed by atoms with Gasteiger partial charge in [-0.1, -0.05) is 56.1 Å². The number of nitro benzene ring substituents is 1. The Kier molecular flexibility index (Phi) is 13.2. The van der Waals surface area contributed by atoms with Gasteiger partial charge < -0.3 is 25.3 Å². The number of anilines is 2. The number of nitrogens with zero attached hydrogens (tertiary/aromatic N) is 4. The molecule has 328 valence electrons. The van der Waals surface area contributed by atoms with Crippen LogP contribution in [0.15, 0.2) is 95.7 Å². The first-order valence-corrected chi connectivity index (χ1v) is 23.6. The van der Waals surface area contributed by atoms with E-state index in [0.717, 1.165) is 106 Å². The van der Waals surface area contributed by atoms with Gasteiger partial charge in [-0.15, -0.1) is 0 Å². The van der Waals surface area contributed by atoms with Crippen molar-refractivity contribution in [2.24, 2.45) is 5.41 Å². The minimum absolute atomic E-state index is 0.0728. The first-order valence-electron chi connectivity index (χ1n) is 21.8. The van der Waals surface area contributed by atoms with E-state index >= 15 is 0 Å². The number of pyridine rings is 1. The molecule has 2 aliphatic carbocycles. The first-order chi connectivity index (χ1) is 29.8. The van der Waals surface area contributed by atoms with Crippen LogP contribution in [0, 0.1) is 15.5 Å². The van der Waals surface area contributed by atoms with Gasteiger partial charge in [-0.05, 0) is 111 Å². The van der Waals surface area contributed by atoms with Gasteiger partial charge in [-0.2, -0.15) is 0 Å². The Morgan fingerprint density at radius 3 is 2.47 bits per heavy atom. The Bertz CT molecular complexity index is 2530. The van der Waals surface area contributed by atoms with Crippen LogP contribution in [0.3, 0.4) is 0 Å². The van der Waals surface area contributed by atoms with Crippen LogP contribution in [0.4, 0.5) is 17.1 Å². The highest BCUT2D eigenvalue weighted by Gasteiger charge is 2.30. The Morgan fingerprint density at radius 1 is 0.968 bits per heavy atom. The number of piperazine rings is 1. The van der Waals surface area contributed by atoms with Gasteiger partial charge in [-0.3, -0.25) is 15.0 Å². The van der Waals surface area contributed by atoms with Gasteiger partial charge >= 0.3 is 0 Å². The normalized spacial score (nSPS) is 19.8. The molecule has 4 N–H and O–H groups in total. The second-order valence-corrected chi connectivity index (χ2v) is 19.9. The summed E-state index contributed by atoms with van der Waals surface area (Å²) in [6.07, 6.45) is 10.4. The Labute approximate surface area is 369 Å². The van der Waals surface area contributed by atoms with Gasteiger partial charge in [0.25, 0.3) is 5.69 Å². The number of H-pyrrole nitrogens is 1. The summed E-state index contributed by atoms with van der Waals surface area (Å²) in [4.78, 5) is 24.0. The molecule has 13 nitrogen and oxygen atoms in total. The molecule has 1 aliphatic heterocycles. The van der Waals surface area contributed by atoms with Gasteiger partial charge in [0.05, 0.1) is 16.0 Å². The number of sulfonamides is 1. The molecule has 3 heterocycles. The summed E-state index contributed by atoms with van der Waals surface area (Å²) >= 11 is 6.26. The van der Waals surface area contributed by atoms with Crippen molar-refractivity contribution in [3.05, 3.63) is 117 Å². The third kappa shape index (κ3) is 10.4. The van der Waals surface area contributed by atoms with Crippen molar-refractivity contribution in [1.82, 2.24) is 24.9 Å². The summed E-state index contributed by atoms with van der Waals surface area (Å²) in [6.45, 7) is 12.0. The van der Waals surface area contributed by atoms with E-state index in [9.17, 15) is 18.5 Å². The fraction of sp³-hybridized carbons (Fsp3) is 0.426. The highest BCUT2D eigenvalue weighted by Crippen LogP contribution is 2.43. The van der Waals surface area contributed by atoms with Crippen LogP contribution in [0.25, 0.3) is 16.6 Å². The molecular weight excluding hydrogens is 824 g/mol. The highest BCUT2D eigenvalue weighted by molar-refractivity contribution is 7.89. The zero-order chi connectivity index (χ0) is 43.4. The average molecular weight is 882 g/mol. The molecule has 5 aromatic rings. The molecule has 8 rings (SSSR count). The van der Waals surface area contributed by atoms with Crippen LogP contribution in [0.1, 0.15) is 76.8 Å². The van der Waals surface area contributed by atoms with E-state index < -0.39 is 14.9 Å². The number of hydrogen-bond acceptors (Lipinski definition) is 10. The third-order valence-corrected chi connectivity index (χ3v) is 14.3. The van der Waals surface area contributed by atoms with E-state index in [2.05, 4.69) is 68.0 Å². The zero-order valence-corrected chi connectivity index (χ0v) is 37.3. The topological polar surface area (TPSA) is 158 Å². The fourth-order valence-electron chi connectivity index (χ4n) is 9.14. The summed E-state index contributed by atoms with van der Waals surface area (Å²) < 4.78 is 36.7. The van der Waals surface area contributed by atoms with E-state index in [-0.39, 0.29) is 28.6 Å². The molecule has 3 aliphatic rings.